The molecule has 0 spiro atoms. The van der Waals surface area contributed by atoms with Crippen LogP contribution in [0.1, 0.15) is 85.0 Å². The van der Waals surface area contributed by atoms with Crippen molar-refractivity contribution in [3.8, 4) is 0 Å². The Morgan fingerprint density at radius 2 is 1.77 bits per heavy atom. The molecule has 4 saturated carbocycles. The van der Waals surface area contributed by atoms with Crippen molar-refractivity contribution < 1.29 is 9.90 Å². The van der Waals surface area contributed by atoms with Crippen LogP contribution in [-0.2, 0) is 4.79 Å². The lowest BCUT2D eigenvalue weighted by Crippen LogP contribution is -2.56. The van der Waals surface area contributed by atoms with E-state index in [0.29, 0.717) is 17.3 Å². The average Bonchev–Trinajstić information content (AvgIpc) is 3.11. The van der Waals surface area contributed by atoms with Crippen LogP contribution in [-0.4, -0.2) is 16.6 Å². The number of rotatable bonds is 3. The summed E-state index contributed by atoms with van der Waals surface area (Å²) in [7, 11) is 0. The van der Waals surface area contributed by atoms with Gasteiger partial charge in [0.25, 0.3) is 0 Å². The Kier molecular flexibility index (Phi) is 5.28. The number of para-hydroxylation sites is 1. The first kappa shape index (κ1) is 21.5. The average molecular weight is 424 g/mol. The van der Waals surface area contributed by atoms with Gasteiger partial charge in [-0.2, -0.15) is 0 Å². The van der Waals surface area contributed by atoms with E-state index in [4.69, 9.17) is 0 Å². The number of hydrogen-bond acceptors (Lipinski definition) is 2. The van der Waals surface area contributed by atoms with Crippen molar-refractivity contribution >= 4 is 11.6 Å². The van der Waals surface area contributed by atoms with Crippen molar-refractivity contribution in [2.45, 2.75) is 90.6 Å². The van der Waals surface area contributed by atoms with Crippen LogP contribution in [0.5, 0.6) is 0 Å². The molecule has 1 amide bonds. The summed E-state index contributed by atoms with van der Waals surface area (Å²) in [5, 5.41) is 14.0. The molecule has 8 atom stereocenters. The maximum atomic E-state index is 13.3. The summed E-state index contributed by atoms with van der Waals surface area (Å²) in [6.07, 6.45) is 11.7. The molecule has 4 fully saturated rings. The smallest absolute Gasteiger partial charge is 0.228 e. The van der Waals surface area contributed by atoms with Crippen LogP contribution >= 0.6 is 0 Å². The maximum Gasteiger partial charge on any atom is 0.228 e. The zero-order valence-corrected chi connectivity index (χ0v) is 19.7. The summed E-state index contributed by atoms with van der Waals surface area (Å²) in [4.78, 5) is 13.3. The molecule has 3 nitrogen and oxygen atoms in total. The molecular formula is C28H41NO2. The molecule has 0 aliphatic heterocycles. The third kappa shape index (κ3) is 3.37. The predicted molar refractivity (Wildman–Crippen MR) is 126 cm³/mol. The summed E-state index contributed by atoms with van der Waals surface area (Å²) >= 11 is 0. The van der Waals surface area contributed by atoms with Gasteiger partial charge < -0.3 is 10.4 Å². The summed E-state index contributed by atoms with van der Waals surface area (Å²) in [6.45, 7) is 6.91. The fourth-order valence-corrected chi connectivity index (χ4v) is 9.13. The van der Waals surface area contributed by atoms with Gasteiger partial charge in [-0.05, 0) is 118 Å². The lowest BCUT2D eigenvalue weighted by molar-refractivity contribution is -0.158. The molecule has 0 heterocycles. The summed E-state index contributed by atoms with van der Waals surface area (Å²) in [6, 6.07) is 9.96. The fourth-order valence-electron chi connectivity index (χ4n) is 9.13. The normalized spacial score (nSPS) is 46.5. The van der Waals surface area contributed by atoms with Crippen LogP contribution in [0.4, 0.5) is 5.69 Å². The minimum absolute atomic E-state index is 0.140. The van der Waals surface area contributed by atoms with Gasteiger partial charge >= 0.3 is 0 Å². The van der Waals surface area contributed by atoms with Gasteiger partial charge in [0.05, 0.1) is 5.60 Å². The number of carbonyl (C=O) groups excluding carboxylic acids is 1. The minimum atomic E-state index is -0.465. The molecule has 0 aromatic heterocycles. The van der Waals surface area contributed by atoms with Crippen molar-refractivity contribution in [1.29, 1.82) is 0 Å². The molecular weight excluding hydrogens is 382 g/mol. The molecule has 2 N–H and O–H groups in total. The molecule has 3 heteroatoms. The van der Waals surface area contributed by atoms with E-state index >= 15 is 0 Å². The number of benzene rings is 1. The van der Waals surface area contributed by atoms with Gasteiger partial charge in [0.1, 0.15) is 0 Å². The summed E-state index contributed by atoms with van der Waals surface area (Å²) < 4.78 is 0. The van der Waals surface area contributed by atoms with E-state index in [-0.39, 0.29) is 17.2 Å². The third-order valence-electron chi connectivity index (χ3n) is 10.7. The number of nitrogens with one attached hydrogen (secondary N) is 1. The zero-order valence-electron chi connectivity index (χ0n) is 19.7. The van der Waals surface area contributed by atoms with Gasteiger partial charge in [0.15, 0.2) is 0 Å². The van der Waals surface area contributed by atoms with Crippen LogP contribution in [0, 0.1) is 40.4 Å². The molecule has 0 bridgehead atoms. The molecule has 170 valence electrons. The number of anilines is 1. The largest absolute Gasteiger partial charge is 0.390 e. The van der Waals surface area contributed by atoms with E-state index in [0.717, 1.165) is 36.8 Å². The van der Waals surface area contributed by atoms with Crippen molar-refractivity contribution in [3.05, 3.63) is 30.3 Å². The lowest BCUT2D eigenvalue weighted by Gasteiger charge is -2.62. The Balaban J connectivity index is 1.37. The van der Waals surface area contributed by atoms with Crippen molar-refractivity contribution in [2.75, 3.05) is 5.32 Å². The Bertz CT molecular complexity index is 820. The molecule has 0 saturated heterocycles. The molecule has 1 aromatic carbocycles. The van der Waals surface area contributed by atoms with Crippen LogP contribution in [0.3, 0.4) is 0 Å². The Hall–Kier alpha value is -1.35. The highest BCUT2D eigenvalue weighted by molar-refractivity contribution is 5.93. The van der Waals surface area contributed by atoms with E-state index in [1.807, 2.05) is 30.3 Å². The Labute approximate surface area is 188 Å². The van der Waals surface area contributed by atoms with E-state index in [1.54, 1.807) is 0 Å². The van der Waals surface area contributed by atoms with E-state index in [2.05, 4.69) is 26.1 Å². The predicted octanol–water partition coefficient (Wildman–Crippen LogP) is 6.43. The molecule has 1 aromatic rings. The second-order valence-electron chi connectivity index (χ2n) is 12.0. The first-order valence-electron chi connectivity index (χ1n) is 12.9. The number of carbonyl (C=O) groups is 1. The SMILES string of the molecule is CC[C@]12CC[C@@](C)(O)C[C@H]1CC[C@H]1[C@@H]3CC[C@H](C(=O)Nc4ccccc4)[C@@]3(C)CC[C@@H]12. The molecule has 4 aliphatic rings. The number of aliphatic hydroxyl groups is 1. The highest BCUT2D eigenvalue weighted by atomic mass is 16.3. The highest BCUT2D eigenvalue weighted by Crippen LogP contribution is 2.68. The third-order valence-corrected chi connectivity index (χ3v) is 10.7. The number of amides is 1. The van der Waals surface area contributed by atoms with Crippen molar-refractivity contribution in [1.82, 2.24) is 0 Å². The monoisotopic (exact) mass is 423 g/mol. The minimum Gasteiger partial charge on any atom is -0.390 e. The van der Waals surface area contributed by atoms with Gasteiger partial charge in [-0.1, -0.05) is 32.0 Å². The van der Waals surface area contributed by atoms with E-state index in [1.165, 1.54) is 44.9 Å². The Morgan fingerprint density at radius 3 is 2.52 bits per heavy atom. The molecule has 5 rings (SSSR count). The topological polar surface area (TPSA) is 49.3 Å². The molecule has 4 aliphatic carbocycles. The van der Waals surface area contributed by atoms with Gasteiger partial charge in [-0.3, -0.25) is 4.79 Å². The molecule has 31 heavy (non-hydrogen) atoms. The second kappa shape index (κ2) is 7.61. The maximum absolute atomic E-state index is 13.3. The first-order valence-corrected chi connectivity index (χ1v) is 12.9. The van der Waals surface area contributed by atoms with Crippen molar-refractivity contribution in [3.63, 3.8) is 0 Å². The standard InChI is InChI=1S/C28H41NO2/c1-4-28-17-16-26(2,31)18-19(28)10-11-21-22-12-13-24(27(22,3)15-14-23(21)28)25(30)29-20-8-6-5-7-9-20/h5-9,19,21-24,31H,4,10-18H2,1-3H3,(H,29,30)/t19-,21+,22+,23+,24-,26-,27+,28+/m1/s1. The summed E-state index contributed by atoms with van der Waals surface area (Å²) in [5.41, 5.74) is 1.03. The van der Waals surface area contributed by atoms with Crippen LogP contribution in [0.15, 0.2) is 30.3 Å². The molecule has 0 unspecified atom stereocenters. The van der Waals surface area contributed by atoms with E-state index in [9.17, 15) is 9.90 Å². The van der Waals surface area contributed by atoms with Crippen molar-refractivity contribution in [2.24, 2.45) is 40.4 Å². The van der Waals surface area contributed by atoms with Crippen LogP contribution < -0.4 is 5.32 Å². The summed E-state index contributed by atoms with van der Waals surface area (Å²) in [5.74, 6) is 3.31. The van der Waals surface area contributed by atoms with Crippen LogP contribution in [0.25, 0.3) is 0 Å². The van der Waals surface area contributed by atoms with Gasteiger partial charge in [-0.15, -0.1) is 0 Å². The molecule has 0 radical (unpaired) electrons. The highest BCUT2D eigenvalue weighted by Gasteiger charge is 2.62. The number of fused-ring (bicyclic) bond motifs is 5. The van der Waals surface area contributed by atoms with Gasteiger partial charge in [-0.25, -0.2) is 0 Å². The van der Waals surface area contributed by atoms with Gasteiger partial charge in [0.2, 0.25) is 5.91 Å². The first-order chi connectivity index (χ1) is 14.8. The van der Waals surface area contributed by atoms with E-state index < -0.39 is 5.60 Å². The lowest BCUT2D eigenvalue weighted by atomic mass is 9.43. The van der Waals surface area contributed by atoms with Gasteiger partial charge in [0, 0.05) is 11.6 Å². The zero-order chi connectivity index (χ0) is 21.9. The second-order valence-corrected chi connectivity index (χ2v) is 12.0. The number of hydrogen-bond donors (Lipinski definition) is 2. The Morgan fingerprint density at radius 1 is 1.00 bits per heavy atom. The quantitative estimate of drug-likeness (QED) is 0.589. The fraction of sp³-hybridized carbons (Fsp3) is 0.750. The van der Waals surface area contributed by atoms with Crippen LogP contribution in [0.2, 0.25) is 0 Å².